The van der Waals surface area contributed by atoms with Gasteiger partial charge in [-0.15, -0.1) is 0 Å². The van der Waals surface area contributed by atoms with Gasteiger partial charge >= 0.3 is 0 Å². The van der Waals surface area contributed by atoms with Crippen LogP contribution in [0.3, 0.4) is 0 Å². The van der Waals surface area contributed by atoms with Gasteiger partial charge in [-0.3, -0.25) is 4.98 Å². The molecule has 5 nitrogen and oxygen atoms in total. The highest BCUT2D eigenvalue weighted by molar-refractivity contribution is 7.80. The predicted octanol–water partition coefficient (Wildman–Crippen LogP) is 5.53. The summed E-state index contributed by atoms with van der Waals surface area (Å²) in [5.41, 5.74) is 2.80. The van der Waals surface area contributed by atoms with Crippen molar-refractivity contribution in [3.63, 3.8) is 0 Å². The van der Waals surface area contributed by atoms with Crippen LogP contribution in [0.2, 0.25) is 0 Å². The van der Waals surface area contributed by atoms with Crippen molar-refractivity contribution in [1.29, 1.82) is 0 Å². The molecule has 2 aromatic heterocycles. The third kappa shape index (κ3) is 3.55. The Morgan fingerprint density at radius 2 is 1.71 bits per heavy atom. The molecular weight excluding hydrogens is 406 g/mol. The maximum absolute atomic E-state index is 6.37. The van der Waals surface area contributed by atoms with Gasteiger partial charge < -0.3 is 19.4 Å². The van der Waals surface area contributed by atoms with Crippen LogP contribution in [-0.4, -0.2) is 17.2 Å². The van der Waals surface area contributed by atoms with E-state index in [1.807, 2.05) is 84.9 Å². The lowest BCUT2D eigenvalue weighted by atomic mass is 10.0. The largest absolute Gasteiger partial charge is 0.495 e. The van der Waals surface area contributed by atoms with Crippen molar-refractivity contribution in [3.05, 3.63) is 103 Å². The summed E-state index contributed by atoms with van der Waals surface area (Å²) in [7, 11) is 1.66. The van der Waals surface area contributed by atoms with E-state index in [1.165, 1.54) is 0 Å². The maximum Gasteiger partial charge on any atom is 0.174 e. The summed E-state index contributed by atoms with van der Waals surface area (Å²) in [5, 5.41) is 4.05. The molecule has 6 heteroatoms. The maximum atomic E-state index is 6.37. The summed E-state index contributed by atoms with van der Waals surface area (Å²) in [5.74, 6) is 2.36. The van der Waals surface area contributed by atoms with E-state index in [1.54, 1.807) is 13.3 Å². The number of ether oxygens (including phenoxy) is 1. The van der Waals surface area contributed by atoms with E-state index in [0.717, 1.165) is 34.2 Å². The number of furan rings is 1. The topological polar surface area (TPSA) is 50.5 Å². The molecule has 154 valence electrons. The van der Waals surface area contributed by atoms with Crippen LogP contribution in [0.1, 0.15) is 23.5 Å². The van der Waals surface area contributed by atoms with Crippen LogP contribution in [0.4, 0.5) is 5.69 Å². The molecule has 2 aromatic carbocycles. The molecule has 31 heavy (non-hydrogen) atoms. The van der Waals surface area contributed by atoms with Gasteiger partial charge in [0.25, 0.3) is 0 Å². The molecule has 1 aliphatic heterocycles. The number of aromatic nitrogens is 1. The minimum absolute atomic E-state index is 0.173. The second-order valence-corrected chi connectivity index (χ2v) is 7.62. The molecule has 0 bridgehead atoms. The molecule has 0 saturated carbocycles. The second kappa shape index (κ2) is 8.24. The highest BCUT2D eigenvalue weighted by Crippen LogP contribution is 2.45. The van der Waals surface area contributed by atoms with Crippen molar-refractivity contribution in [2.75, 3.05) is 12.0 Å². The van der Waals surface area contributed by atoms with E-state index in [4.69, 9.17) is 21.4 Å². The number of hydrogen-bond donors (Lipinski definition) is 1. The molecule has 0 aliphatic carbocycles. The van der Waals surface area contributed by atoms with Gasteiger partial charge in [0, 0.05) is 11.8 Å². The van der Waals surface area contributed by atoms with E-state index in [0.29, 0.717) is 5.11 Å². The number of nitrogens with zero attached hydrogens (tertiary/aromatic N) is 2. The minimum Gasteiger partial charge on any atom is -0.495 e. The van der Waals surface area contributed by atoms with Gasteiger partial charge in [-0.2, -0.15) is 0 Å². The van der Waals surface area contributed by atoms with Gasteiger partial charge in [-0.25, -0.2) is 0 Å². The Labute approximate surface area is 186 Å². The van der Waals surface area contributed by atoms with Crippen molar-refractivity contribution in [1.82, 2.24) is 10.3 Å². The number of thiocarbonyl (C=S) groups is 1. The Morgan fingerprint density at radius 1 is 0.935 bits per heavy atom. The summed E-state index contributed by atoms with van der Waals surface area (Å²) in [6.45, 7) is 0. The molecule has 4 aromatic rings. The van der Waals surface area contributed by atoms with Crippen molar-refractivity contribution in [3.8, 4) is 17.1 Å². The van der Waals surface area contributed by atoms with E-state index in [-0.39, 0.29) is 12.1 Å². The quantitative estimate of drug-likeness (QED) is 0.423. The molecule has 0 spiro atoms. The first-order valence-electron chi connectivity index (χ1n) is 10.0. The van der Waals surface area contributed by atoms with Gasteiger partial charge in [-0.05, 0) is 48.6 Å². The monoisotopic (exact) mass is 427 g/mol. The number of rotatable bonds is 5. The number of pyridine rings is 1. The smallest absolute Gasteiger partial charge is 0.174 e. The molecular formula is C25H21N3O2S. The van der Waals surface area contributed by atoms with Crippen LogP contribution in [0, 0.1) is 0 Å². The second-order valence-electron chi connectivity index (χ2n) is 7.24. The van der Waals surface area contributed by atoms with Gasteiger partial charge in [0.05, 0.1) is 24.5 Å². The third-order valence-corrected chi connectivity index (χ3v) is 5.73. The van der Waals surface area contributed by atoms with Crippen molar-refractivity contribution in [2.24, 2.45) is 0 Å². The summed E-state index contributed by atoms with van der Waals surface area (Å²) in [4.78, 5) is 6.64. The Bertz CT molecular complexity index is 1190. The fourth-order valence-electron chi connectivity index (χ4n) is 4.00. The molecule has 0 unspecified atom stereocenters. The number of benzene rings is 2. The van der Waals surface area contributed by atoms with Gasteiger partial charge in [-0.1, -0.05) is 48.5 Å². The van der Waals surface area contributed by atoms with E-state index in [9.17, 15) is 0 Å². The van der Waals surface area contributed by atoms with Gasteiger partial charge in [0.2, 0.25) is 0 Å². The van der Waals surface area contributed by atoms with Crippen LogP contribution >= 0.6 is 12.2 Å². The third-order valence-electron chi connectivity index (χ3n) is 5.42. The van der Waals surface area contributed by atoms with Crippen LogP contribution < -0.4 is 15.0 Å². The van der Waals surface area contributed by atoms with Gasteiger partial charge in [0.15, 0.2) is 5.11 Å². The average Bonchev–Trinajstić information content (AvgIpc) is 3.45. The zero-order valence-corrected chi connectivity index (χ0v) is 17.8. The first-order valence-corrected chi connectivity index (χ1v) is 10.5. The van der Waals surface area contributed by atoms with E-state index in [2.05, 4.69) is 15.2 Å². The SMILES string of the molecule is COc1ccccc1N1C(=S)N[C@@H](c2ccccn2)[C@H]1c1ccc(-c2ccccc2)o1. The lowest BCUT2D eigenvalue weighted by Gasteiger charge is -2.27. The fourth-order valence-corrected chi connectivity index (χ4v) is 4.34. The summed E-state index contributed by atoms with van der Waals surface area (Å²) < 4.78 is 12.0. The lowest BCUT2D eigenvalue weighted by molar-refractivity contribution is 0.409. The molecule has 0 amide bonds. The van der Waals surface area contributed by atoms with Gasteiger partial charge in [0.1, 0.15) is 23.3 Å². The normalized spacial score (nSPS) is 18.1. The molecule has 5 rings (SSSR count). The van der Waals surface area contributed by atoms with Crippen molar-refractivity contribution >= 4 is 23.0 Å². The summed E-state index contributed by atoms with van der Waals surface area (Å²) in [6, 6.07) is 27.4. The standard InChI is InChI=1S/C25H21N3O2S/c1-29-21-13-6-5-12-19(21)28-24(23(27-25(28)31)18-11-7-8-16-26-18)22-15-14-20(30-22)17-9-3-2-4-10-17/h2-16,23-24H,1H3,(H,27,31)/t23-,24+/m0/s1. The van der Waals surface area contributed by atoms with E-state index < -0.39 is 0 Å². The zero-order valence-electron chi connectivity index (χ0n) is 16.9. The number of anilines is 1. The van der Waals surface area contributed by atoms with Crippen LogP contribution in [0.25, 0.3) is 11.3 Å². The number of nitrogens with one attached hydrogen (secondary N) is 1. The molecule has 3 heterocycles. The van der Waals surface area contributed by atoms with E-state index >= 15 is 0 Å². The van der Waals surface area contributed by atoms with Crippen molar-refractivity contribution < 1.29 is 9.15 Å². The molecule has 1 saturated heterocycles. The highest BCUT2D eigenvalue weighted by Gasteiger charge is 2.43. The Kier molecular flexibility index (Phi) is 5.14. The fraction of sp³-hybridized carbons (Fsp3) is 0.120. The van der Waals surface area contributed by atoms with Crippen molar-refractivity contribution in [2.45, 2.75) is 12.1 Å². The Hall–Kier alpha value is -3.64. The predicted molar refractivity (Wildman–Crippen MR) is 125 cm³/mol. The first kappa shape index (κ1) is 19.3. The van der Waals surface area contributed by atoms with Crippen LogP contribution in [0.15, 0.2) is 95.5 Å². The zero-order chi connectivity index (χ0) is 21.2. The average molecular weight is 428 g/mol. The Balaban J connectivity index is 1.63. The summed E-state index contributed by atoms with van der Waals surface area (Å²) >= 11 is 5.77. The molecule has 1 N–H and O–H groups in total. The molecule has 1 aliphatic rings. The first-order chi connectivity index (χ1) is 15.3. The molecule has 2 atom stereocenters. The lowest BCUT2D eigenvalue weighted by Crippen LogP contribution is -2.29. The number of hydrogen-bond acceptors (Lipinski definition) is 4. The molecule has 1 fully saturated rings. The minimum atomic E-state index is -0.226. The molecule has 0 radical (unpaired) electrons. The van der Waals surface area contributed by atoms with Crippen LogP contribution in [0.5, 0.6) is 5.75 Å². The van der Waals surface area contributed by atoms with Crippen LogP contribution in [-0.2, 0) is 0 Å². The number of methoxy groups -OCH3 is 1. The Morgan fingerprint density at radius 3 is 2.48 bits per heavy atom. The highest BCUT2D eigenvalue weighted by atomic mass is 32.1. The number of para-hydroxylation sites is 2. The summed E-state index contributed by atoms with van der Waals surface area (Å²) in [6.07, 6.45) is 1.79.